The van der Waals surface area contributed by atoms with Crippen molar-refractivity contribution in [2.75, 3.05) is 6.38 Å². The van der Waals surface area contributed by atoms with Crippen LogP contribution in [-0.2, 0) is 6.42 Å². The number of halogens is 2. The van der Waals surface area contributed by atoms with Crippen molar-refractivity contribution in [1.29, 1.82) is 5.26 Å². The predicted octanol–water partition coefficient (Wildman–Crippen LogP) is 3.26. The summed E-state index contributed by atoms with van der Waals surface area (Å²) in [6, 6.07) is 9.37. The standard InChI is InChI=1S/C8H6ClN.CH3Cl/c9-8-3-1-2-7(6-8)4-5-10;1-2/h1-3,6H,4H2;1H3. The average molecular weight is 202 g/mol. The predicted molar refractivity (Wildman–Crippen MR) is 52.5 cm³/mol. The van der Waals surface area contributed by atoms with Crippen LogP contribution in [0.2, 0.25) is 5.02 Å². The van der Waals surface area contributed by atoms with E-state index < -0.39 is 0 Å². The van der Waals surface area contributed by atoms with Gasteiger partial charge in [-0.05, 0) is 17.7 Å². The van der Waals surface area contributed by atoms with Gasteiger partial charge in [0.15, 0.2) is 0 Å². The summed E-state index contributed by atoms with van der Waals surface area (Å²) in [5.41, 5.74) is 0.968. The van der Waals surface area contributed by atoms with E-state index in [0.717, 1.165) is 5.56 Å². The van der Waals surface area contributed by atoms with Crippen LogP contribution in [-0.4, -0.2) is 6.38 Å². The van der Waals surface area contributed by atoms with E-state index in [9.17, 15) is 0 Å². The molecule has 1 rings (SSSR count). The van der Waals surface area contributed by atoms with Crippen LogP contribution in [0.3, 0.4) is 0 Å². The van der Waals surface area contributed by atoms with Crippen LogP contribution in [0.25, 0.3) is 0 Å². The van der Waals surface area contributed by atoms with E-state index in [0.29, 0.717) is 11.4 Å². The van der Waals surface area contributed by atoms with Gasteiger partial charge in [-0.2, -0.15) is 5.26 Å². The summed E-state index contributed by atoms with van der Waals surface area (Å²) in [5, 5.41) is 9.01. The van der Waals surface area contributed by atoms with E-state index in [1.165, 1.54) is 6.38 Å². The van der Waals surface area contributed by atoms with Crippen LogP contribution in [0.1, 0.15) is 5.56 Å². The van der Waals surface area contributed by atoms with Gasteiger partial charge in [-0.25, -0.2) is 0 Å². The number of nitrogens with zero attached hydrogens (tertiary/aromatic N) is 1. The van der Waals surface area contributed by atoms with Crippen LogP contribution in [0.5, 0.6) is 0 Å². The van der Waals surface area contributed by atoms with Crippen molar-refractivity contribution in [3.05, 3.63) is 34.9 Å². The smallest absolute Gasteiger partial charge is 0.0669 e. The average Bonchev–Trinajstić information content (AvgIpc) is 2.09. The van der Waals surface area contributed by atoms with Gasteiger partial charge in [-0.3, -0.25) is 0 Å². The minimum Gasteiger partial charge on any atom is -0.198 e. The van der Waals surface area contributed by atoms with Gasteiger partial charge in [0.25, 0.3) is 0 Å². The van der Waals surface area contributed by atoms with Crippen molar-refractivity contribution in [3.8, 4) is 6.07 Å². The fraction of sp³-hybridized carbons (Fsp3) is 0.222. The summed E-state index contributed by atoms with van der Waals surface area (Å²) in [6.07, 6.45) is 1.90. The van der Waals surface area contributed by atoms with Gasteiger partial charge in [-0.1, -0.05) is 23.7 Å². The van der Waals surface area contributed by atoms with Gasteiger partial charge >= 0.3 is 0 Å². The molecule has 0 unspecified atom stereocenters. The SMILES string of the molecule is CCl.N#CCc1cccc(Cl)c1. The Morgan fingerprint density at radius 2 is 2.08 bits per heavy atom. The van der Waals surface area contributed by atoms with Gasteiger partial charge in [-0.15, -0.1) is 11.6 Å². The molecule has 0 amide bonds. The number of alkyl halides is 1. The van der Waals surface area contributed by atoms with Crippen molar-refractivity contribution in [2.45, 2.75) is 6.42 Å². The number of hydrogen-bond donors (Lipinski definition) is 0. The summed E-state index contributed by atoms with van der Waals surface area (Å²) >= 11 is 10.3. The Bertz CT molecular complexity index is 265. The maximum Gasteiger partial charge on any atom is 0.0669 e. The molecule has 0 aromatic heterocycles. The molecule has 0 saturated carbocycles. The molecule has 0 N–H and O–H groups in total. The molecule has 0 aliphatic rings. The second-order valence-electron chi connectivity index (χ2n) is 1.96. The number of benzene rings is 1. The zero-order valence-electron chi connectivity index (χ0n) is 6.72. The molecular formula is C9H9Cl2N. The maximum atomic E-state index is 8.32. The third-order valence-corrected chi connectivity index (χ3v) is 1.41. The Kier molecular flexibility index (Phi) is 6.55. The first kappa shape index (κ1) is 11.3. The number of rotatable bonds is 1. The summed E-state index contributed by atoms with van der Waals surface area (Å²) in [7, 11) is 0. The third kappa shape index (κ3) is 4.23. The molecule has 0 bridgehead atoms. The van der Waals surface area contributed by atoms with Crippen LogP contribution < -0.4 is 0 Å². The first-order valence-electron chi connectivity index (χ1n) is 3.32. The molecule has 1 aromatic carbocycles. The second kappa shape index (κ2) is 6.97. The summed E-state index contributed by atoms with van der Waals surface area (Å²) < 4.78 is 0. The Morgan fingerprint density at radius 3 is 2.58 bits per heavy atom. The van der Waals surface area contributed by atoms with Gasteiger partial charge in [0.05, 0.1) is 12.5 Å². The van der Waals surface area contributed by atoms with Crippen molar-refractivity contribution in [1.82, 2.24) is 0 Å². The molecule has 0 atom stereocenters. The largest absolute Gasteiger partial charge is 0.198 e. The summed E-state index contributed by atoms with van der Waals surface area (Å²) in [6.45, 7) is 0. The molecule has 0 aliphatic carbocycles. The zero-order chi connectivity index (χ0) is 9.40. The Balaban J connectivity index is 0.000000561. The van der Waals surface area contributed by atoms with Crippen LogP contribution in [0.15, 0.2) is 24.3 Å². The van der Waals surface area contributed by atoms with E-state index in [1.807, 2.05) is 12.1 Å². The minimum atomic E-state index is 0.431. The molecule has 0 heterocycles. The molecule has 0 saturated heterocycles. The Hall–Kier alpha value is -0.710. The van der Waals surface area contributed by atoms with E-state index in [2.05, 4.69) is 17.7 Å². The topological polar surface area (TPSA) is 23.8 Å². The van der Waals surface area contributed by atoms with Crippen molar-refractivity contribution >= 4 is 23.2 Å². The van der Waals surface area contributed by atoms with E-state index in [1.54, 1.807) is 12.1 Å². The molecule has 0 fully saturated rings. The van der Waals surface area contributed by atoms with E-state index in [-0.39, 0.29) is 0 Å². The molecule has 0 spiro atoms. The first-order chi connectivity index (χ1) is 5.83. The molecule has 0 radical (unpaired) electrons. The first-order valence-corrected chi connectivity index (χ1v) is 4.45. The van der Waals surface area contributed by atoms with Crippen molar-refractivity contribution in [2.24, 2.45) is 0 Å². The number of nitriles is 1. The molecule has 1 aromatic rings. The second-order valence-corrected chi connectivity index (χ2v) is 2.40. The molecule has 0 aliphatic heterocycles. The minimum absolute atomic E-state index is 0.431. The van der Waals surface area contributed by atoms with Gasteiger partial charge in [0.1, 0.15) is 0 Å². The summed E-state index contributed by atoms with van der Waals surface area (Å²) in [5.74, 6) is 0. The highest BCUT2D eigenvalue weighted by molar-refractivity contribution is 6.30. The van der Waals surface area contributed by atoms with Crippen molar-refractivity contribution in [3.63, 3.8) is 0 Å². The monoisotopic (exact) mass is 201 g/mol. The molecule has 1 nitrogen and oxygen atoms in total. The Morgan fingerprint density at radius 1 is 1.42 bits per heavy atom. The third-order valence-electron chi connectivity index (χ3n) is 1.17. The van der Waals surface area contributed by atoms with Crippen LogP contribution >= 0.6 is 23.2 Å². The zero-order valence-corrected chi connectivity index (χ0v) is 8.23. The van der Waals surface area contributed by atoms with E-state index in [4.69, 9.17) is 16.9 Å². The maximum absolute atomic E-state index is 8.32. The van der Waals surface area contributed by atoms with Crippen molar-refractivity contribution < 1.29 is 0 Å². The lowest BCUT2D eigenvalue weighted by atomic mass is 10.2. The molecule has 64 valence electrons. The normalized spacial score (nSPS) is 7.83. The van der Waals surface area contributed by atoms with Crippen LogP contribution in [0, 0.1) is 11.3 Å². The lowest BCUT2D eigenvalue weighted by Crippen LogP contribution is -1.78. The highest BCUT2D eigenvalue weighted by Gasteiger charge is 1.90. The molecule has 3 heteroatoms. The van der Waals surface area contributed by atoms with Gasteiger partial charge in [0.2, 0.25) is 0 Å². The Labute approximate surface area is 82.5 Å². The number of hydrogen-bond acceptors (Lipinski definition) is 1. The summed E-state index contributed by atoms with van der Waals surface area (Å²) in [4.78, 5) is 0. The quantitative estimate of drug-likeness (QED) is 0.641. The van der Waals surface area contributed by atoms with Crippen LogP contribution in [0.4, 0.5) is 0 Å². The van der Waals surface area contributed by atoms with E-state index >= 15 is 0 Å². The lowest BCUT2D eigenvalue weighted by Gasteiger charge is -1.92. The molecule has 12 heavy (non-hydrogen) atoms. The van der Waals surface area contributed by atoms with Gasteiger partial charge in [0, 0.05) is 11.4 Å². The fourth-order valence-electron chi connectivity index (χ4n) is 0.738. The highest BCUT2D eigenvalue weighted by atomic mass is 35.5. The fourth-order valence-corrected chi connectivity index (χ4v) is 0.951. The highest BCUT2D eigenvalue weighted by Crippen LogP contribution is 2.10. The molecular weight excluding hydrogens is 193 g/mol. The lowest BCUT2D eigenvalue weighted by molar-refractivity contribution is 1.26. The van der Waals surface area contributed by atoms with Gasteiger partial charge < -0.3 is 0 Å².